The molecule has 1 N–H and O–H groups in total. The van der Waals surface area contributed by atoms with Crippen LogP contribution in [0.3, 0.4) is 0 Å². The molecule has 92 valence electrons. The van der Waals surface area contributed by atoms with Gasteiger partial charge >= 0.3 is 0 Å². The highest BCUT2D eigenvalue weighted by atomic mass is 35.5. The first kappa shape index (κ1) is 14.8. The van der Waals surface area contributed by atoms with E-state index in [0.717, 1.165) is 5.69 Å². The zero-order chi connectivity index (χ0) is 11.3. The summed E-state index contributed by atoms with van der Waals surface area (Å²) in [5.41, 5.74) is 0.830. The standard InChI is InChI=1S/C10H13F2NO2.ClH/c1-13-7-3-4-8(9(5-7)14-2)15-6-10(11)12;/h3-5,10,13H,6H2,1-2H3;1H. The first-order valence-electron chi connectivity index (χ1n) is 4.44. The molecule has 1 rings (SSSR count). The zero-order valence-corrected chi connectivity index (χ0v) is 9.81. The molecule has 0 fully saturated rings. The molecule has 0 spiro atoms. The van der Waals surface area contributed by atoms with E-state index in [9.17, 15) is 8.78 Å². The van der Waals surface area contributed by atoms with Crippen LogP contribution in [0.15, 0.2) is 18.2 Å². The number of hydrogen-bond acceptors (Lipinski definition) is 3. The van der Waals surface area contributed by atoms with Crippen molar-refractivity contribution in [1.29, 1.82) is 0 Å². The van der Waals surface area contributed by atoms with Crippen LogP contribution < -0.4 is 14.8 Å². The zero-order valence-electron chi connectivity index (χ0n) is 9.00. The summed E-state index contributed by atoms with van der Waals surface area (Å²) in [4.78, 5) is 0. The van der Waals surface area contributed by atoms with Gasteiger partial charge in [0.05, 0.1) is 7.11 Å². The predicted molar refractivity (Wildman–Crippen MR) is 61.3 cm³/mol. The van der Waals surface area contributed by atoms with Crippen LogP contribution in [-0.4, -0.2) is 27.2 Å². The van der Waals surface area contributed by atoms with E-state index in [0.29, 0.717) is 11.5 Å². The second-order valence-electron chi connectivity index (χ2n) is 2.82. The third-order valence-corrected chi connectivity index (χ3v) is 1.82. The lowest BCUT2D eigenvalue weighted by Gasteiger charge is -2.11. The summed E-state index contributed by atoms with van der Waals surface area (Å²) in [6, 6.07) is 5.00. The molecule has 0 atom stereocenters. The van der Waals surface area contributed by atoms with Gasteiger partial charge in [-0.15, -0.1) is 12.4 Å². The molecule has 1 aromatic rings. The average Bonchev–Trinajstić information content (AvgIpc) is 2.25. The van der Waals surface area contributed by atoms with Crippen LogP contribution >= 0.6 is 12.4 Å². The van der Waals surface area contributed by atoms with Crippen molar-refractivity contribution in [1.82, 2.24) is 0 Å². The van der Waals surface area contributed by atoms with Gasteiger partial charge in [-0.05, 0) is 12.1 Å². The van der Waals surface area contributed by atoms with E-state index in [1.807, 2.05) is 0 Å². The number of hydrogen-bond donors (Lipinski definition) is 1. The molecular formula is C10H14ClF2NO2. The van der Waals surface area contributed by atoms with Gasteiger partial charge in [-0.2, -0.15) is 0 Å². The lowest BCUT2D eigenvalue weighted by molar-refractivity contribution is 0.0804. The van der Waals surface area contributed by atoms with Crippen molar-refractivity contribution in [2.75, 3.05) is 26.1 Å². The molecule has 0 aliphatic carbocycles. The maximum atomic E-state index is 11.9. The second kappa shape index (κ2) is 7.11. The Kier molecular flexibility index (Phi) is 6.56. The van der Waals surface area contributed by atoms with E-state index in [4.69, 9.17) is 9.47 Å². The Labute approximate surface area is 99.2 Å². The van der Waals surface area contributed by atoms with E-state index in [2.05, 4.69) is 5.32 Å². The second-order valence-corrected chi connectivity index (χ2v) is 2.82. The molecule has 0 aromatic heterocycles. The van der Waals surface area contributed by atoms with Gasteiger partial charge in [0, 0.05) is 18.8 Å². The molecule has 0 heterocycles. The molecule has 0 amide bonds. The van der Waals surface area contributed by atoms with Crippen LogP contribution in [0, 0.1) is 0 Å². The van der Waals surface area contributed by atoms with Crippen LogP contribution in [0.25, 0.3) is 0 Å². The highest BCUT2D eigenvalue weighted by molar-refractivity contribution is 5.85. The molecule has 3 nitrogen and oxygen atoms in total. The highest BCUT2D eigenvalue weighted by Crippen LogP contribution is 2.30. The van der Waals surface area contributed by atoms with Crippen molar-refractivity contribution < 1.29 is 18.3 Å². The first-order valence-corrected chi connectivity index (χ1v) is 4.44. The Morgan fingerprint density at radius 3 is 2.50 bits per heavy atom. The SMILES string of the molecule is CNc1ccc(OCC(F)F)c(OC)c1.Cl. The van der Waals surface area contributed by atoms with Crippen molar-refractivity contribution in [2.24, 2.45) is 0 Å². The number of rotatable bonds is 5. The van der Waals surface area contributed by atoms with Gasteiger partial charge in [-0.3, -0.25) is 0 Å². The largest absolute Gasteiger partial charge is 0.493 e. The number of anilines is 1. The van der Waals surface area contributed by atoms with Gasteiger partial charge in [0.15, 0.2) is 11.5 Å². The molecule has 0 saturated carbocycles. The van der Waals surface area contributed by atoms with Crippen molar-refractivity contribution in [3.05, 3.63) is 18.2 Å². The minimum atomic E-state index is -2.49. The van der Waals surface area contributed by atoms with E-state index >= 15 is 0 Å². The van der Waals surface area contributed by atoms with Crippen LogP contribution in [0.2, 0.25) is 0 Å². The number of alkyl halides is 2. The topological polar surface area (TPSA) is 30.5 Å². The fourth-order valence-corrected chi connectivity index (χ4v) is 1.10. The van der Waals surface area contributed by atoms with Crippen LogP contribution in [0.4, 0.5) is 14.5 Å². The Morgan fingerprint density at radius 1 is 1.31 bits per heavy atom. The predicted octanol–water partition coefficient (Wildman–Crippen LogP) is 2.80. The van der Waals surface area contributed by atoms with Crippen molar-refractivity contribution in [3.8, 4) is 11.5 Å². The minimum Gasteiger partial charge on any atom is -0.493 e. The summed E-state index contributed by atoms with van der Waals surface area (Å²) >= 11 is 0. The van der Waals surface area contributed by atoms with Gasteiger partial charge < -0.3 is 14.8 Å². The summed E-state index contributed by atoms with van der Waals surface area (Å²) in [5, 5.41) is 2.91. The summed E-state index contributed by atoms with van der Waals surface area (Å²) < 4.78 is 33.7. The van der Waals surface area contributed by atoms with Crippen LogP contribution in [0.5, 0.6) is 11.5 Å². The average molecular weight is 254 g/mol. The maximum Gasteiger partial charge on any atom is 0.272 e. The third kappa shape index (κ3) is 4.10. The quantitative estimate of drug-likeness (QED) is 0.875. The lowest BCUT2D eigenvalue weighted by atomic mass is 10.3. The molecule has 6 heteroatoms. The Balaban J connectivity index is 0.00000225. The normalized spacial score (nSPS) is 9.56. The molecule has 0 aliphatic rings. The Bertz CT molecular complexity index is 324. The van der Waals surface area contributed by atoms with Crippen molar-refractivity contribution in [2.45, 2.75) is 6.43 Å². The summed E-state index contributed by atoms with van der Waals surface area (Å²) in [7, 11) is 3.22. The van der Waals surface area contributed by atoms with Crippen LogP contribution in [0.1, 0.15) is 0 Å². The molecule has 0 radical (unpaired) electrons. The molecule has 0 aliphatic heterocycles. The van der Waals surface area contributed by atoms with E-state index < -0.39 is 13.0 Å². The molecular weight excluding hydrogens is 240 g/mol. The highest BCUT2D eigenvalue weighted by Gasteiger charge is 2.08. The molecule has 16 heavy (non-hydrogen) atoms. The van der Waals surface area contributed by atoms with Gasteiger partial charge in [-0.25, -0.2) is 8.78 Å². The molecule has 0 unspecified atom stereocenters. The summed E-state index contributed by atoms with van der Waals surface area (Å²) in [5.74, 6) is 0.749. The van der Waals surface area contributed by atoms with E-state index in [1.54, 1.807) is 25.2 Å². The number of methoxy groups -OCH3 is 1. The monoisotopic (exact) mass is 253 g/mol. The van der Waals surface area contributed by atoms with Crippen molar-refractivity contribution in [3.63, 3.8) is 0 Å². The number of nitrogens with one attached hydrogen (secondary N) is 1. The van der Waals surface area contributed by atoms with Gasteiger partial charge in [0.25, 0.3) is 6.43 Å². The van der Waals surface area contributed by atoms with Crippen molar-refractivity contribution >= 4 is 18.1 Å². The Morgan fingerprint density at radius 2 is 2.00 bits per heavy atom. The van der Waals surface area contributed by atoms with Gasteiger partial charge in [0.2, 0.25) is 0 Å². The van der Waals surface area contributed by atoms with Gasteiger partial charge in [0.1, 0.15) is 6.61 Å². The fraction of sp³-hybridized carbons (Fsp3) is 0.400. The summed E-state index contributed by atoms with van der Waals surface area (Å²) in [6.45, 7) is -0.630. The minimum absolute atomic E-state index is 0. The third-order valence-electron chi connectivity index (χ3n) is 1.82. The van der Waals surface area contributed by atoms with Gasteiger partial charge in [-0.1, -0.05) is 0 Å². The Hall–Kier alpha value is -1.23. The number of benzene rings is 1. The molecule has 1 aromatic carbocycles. The smallest absolute Gasteiger partial charge is 0.272 e. The summed E-state index contributed by atoms with van der Waals surface area (Å²) in [6.07, 6.45) is -2.49. The molecule has 0 bridgehead atoms. The number of ether oxygens (including phenoxy) is 2. The number of halogens is 3. The van der Waals surface area contributed by atoms with E-state index in [1.165, 1.54) is 7.11 Å². The molecule has 0 saturated heterocycles. The lowest BCUT2D eigenvalue weighted by Crippen LogP contribution is -2.07. The van der Waals surface area contributed by atoms with E-state index in [-0.39, 0.29) is 12.4 Å². The van der Waals surface area contributed by atoms with Crippen LogP contribution in [-0.2, 0) is 0 Å². The fourth-order valence-electron chi connectivity index (χ4n) is 1.10. The maximum absolute atomic E-state index is 11.9. The first-order chi connectivity index (χ1) is 7.17.